The number of nitrogen functional groups attached to an aromatic ring is 1. The number of aryl methyl sites for hydroxylation is 1. The molecule has 0 saturated heterocycles. The fourth-order valence-electron chi connectivity index (χ4n) is 2.39. The van der Waals surface area contributed by atoms with Gasteiger partial charge in [-0.25, -0.2) is 4.98 Å². The molecule has 0 saturated carbocycles. The van der Waals surface area contributed by atoms with Crippen LogP contribution in [-0.4, -0.2) is 29.0 Å². The zero-order chi connectivity index (χ0) is 12.3. The van der Waals surface area contributed by atoms with Gasteiger partial charge in [0.25, 0.3) is 0 Å². The minimum absolute atomic E-state index is 0.568. The van der Waals surface area contributed by atoms with E-state index in [0.29, 0.717) is 11.2 Å². The lowest BCUT2D eigenvalue weighted by Crippen LogP contribution is -2.39. The topological polar surface area (TPSA) is 42.2 Å². The molecule has 1 aromatic rings. The zero-order valence-corrected chi connectivity index (χ0v) is 10.9. The highest BCUT2D eigenvalue weighted by atomic mass is 32.1. The van der Waals surface area contributed by atoms with Gasteiger partial charge in [0.15, 0.2) is 5.13 Å². The molecule has 0 amide bonds. The number of aromatic nitrogens is 1. The molecule has 92 valence electrons. The maximum absolute atomic E-state index is 5.76. The third-order valence-corrected chi connectivity index (χ3v) is 4.12. The molecule has 1 aliphatic rings. The summed E-state index contributed by atoms with van der Waals surface area (Å²) in [7, 11) is 0. The van der Waals surface area contributed by atoms with Gasteiger partial charge in [-0.1, -0.05) is 12.2 Å². The second-order valence-corrected chi connectivity index (χ2v) is 5.47. The Morgan fingerprint density at radius 3 is 2.76 bits per heavy atom. The lowest BCUT2D eigenvalue weighted by Gasteiger charge is -2.32. The largest absolute Gasteiger partial charge is 0.375 e. The number of nitrogens with zero attached hydrogens (tertiary/aromatic N) is 2. The van der Waals surface area contributed by atoms with Crippen LogP contribution >= 0.6 is 11.3 Å². The van der Waals surface area contributed by atoms with Crippen LogP contribution in [0.3, 0.4) is 0 Å². The van der Waals surface area contributed by atoms with Gasteiger partial charge in [0.1, 0.15) is 0 Å². The molecule has 0 aliphatic heterocycles. The summed E-state index contributed by atoms with van der Waals surface area (Å²) in [6, 6.07) is 0.568. The monoisotopic (exact) mass is 249 g/mol. The van der Waals surface area contributed by atoms with E-state index in [-0.39, 0.29) is 0 Å². The Morgan fingerprint density at radius 2 is 2.12 bits per heavy atom. The molecular formula is C13H19N3S. The summed E-state index contributed by atoms with van der Waals surface area (Å²) in [5.41, 5.74) is 6.97. The van der Waals surface area contributed by atoms with Crippen LogP contribution in [0.5, 0.6) is 0 Å². The smallest absolute Gasteiger partial charge is 0.180 e. The first kappa shape index (κ1) is 12.3. The van der Waals surface area contributed by atoms with Crippen molar-refractivity contribution in [2.24, 2.45) is 0 Å². The van der Waals surface area contributed by atoms with E-state index in [1.54, 1.807) is 11.3 Å². The molecule has 4 heteroatoms. The molecule has 3 nitrogen and oxygen atoms in total. The average molecular weight is 249 g/mol. The molecule has 0 aromatic carbocycles. The van der Waals surface area contributed by atoms with Crippen LogP contribution in [0, 0.1) is 0 Å². The Balaban J connectivity index is 2.08. The highest BCUT2D eigenvalue weighted by molar-refractivity contribution is 7.15. The molecule has 17 heavy (non-hydrogen) atoms. The van der Waals surface area contributed by atoms with Crippen molar-refractivity contribution in [2.75, 3.05) is 18.8 Å². The highest BCUT2D eigenvalue weighted by Gasteiger charge is 2.25. The summed E-state index contributed by atoms with van der Waals surface area (Å²) in [6.45, 7) is 9.47. The van der Waals surface area contributed by atoms with Gasteiger partial charge in [-0.15, -0.1) is 24.5 Å². The maximum atomic E-state index is 5.76. The molecular weight excluding hydrogens is 230 g/mol. The summed E-state index contributed by atoms with van der Waals surface area (Å²) < 4.78 is 0. The van der Waals surface area contributed by atoms with Crippen molar-refractivity contribution in [2.45, 2.75) is 25.3 Å². The minimum Gasteiger partial charge on any atom is -0.375 e. The van der Waals surface area contributed by atoms with Gasteiger partial charge in [-0.05, 0) is 19.3 Å². The Hall–Kier alpha value is -1.13. The summed E-state index contributed by atoms with van der Waals surface area (Å²) in [5.74, 6) is 0. The fourth-order valence-corrected chi connectivity index (χ4v) is 3.34. The number of anilines is 1. The molecule has 1 heterocycles. The van der Waals surface area contributed by atoms with Crippen LogP contribution in [0.2, 0.25) is 0 Å². The number of rotatable bonds is 5. The number of nitrogens with two attached hydrogens (primary N) is 1. The van der Waals surface area contributed by atoms with Gasteiger partial charge in [-0.2, -0.15) is 0 Å². The molecule has 2 N–H and O–H groups in total. The van der Waals surface area contributed by atoms with Crippen LogP contribution in [0.4, 0.5) is 5.13 Å². The van der Waals surface area contributed by atoms with Crippen molar-refractivity contribution in [3.8, 4) is 0 Å². The van der Waals surface area contributed by atoms with Gasteiger partial charge >= 0.3 is 0 Å². The molecule has 0 radical (unpaired) electrons. The predicted octanol–water partition coefficient (Wildman–Crippen LogP) is 2.26. The van der Waals surface area contributed by atoms with Crippen molar-refractivity contribution < 1.29 is 0 Å². The van der Waals surface area contributed by atoms with E-state index in [4.69, 9.17) is 5.73 Å². The van der Waals surface area contributed by atoms with E-state index in [0.717, 1.165) is 32.4 Å². The third-order valence-electron chi connectivity index (χ3n) is 3.17. The Kier molecular flexibility index (Phi) is 3.97. The van der Waals surface area contributed by atoms with E-state index >= 15 is 0 Å². The minimum atomic E-state index is 0.568. The van der Waals surface area contributed by atoms with E-state index in [1.165, 1.54) is 10.6 Å². The fraction of sp³-hybridized carbons (Fsp3) is 0.462. The van der Waals surface area contributed by atoms with Gasteiger partial charge in [0.2, 0.25) is 0 Å². The lowest BCUT2D eigenvalue weighted by atomic mass is 9.96. The lowest BCUT2D eigenvalue weighted by molar-refractivity contribution is 0.220. The second-order valence-electron chi connectivity index (χ2n) is 4.35. The summed E-state index contributed by atoms with van der Waals surface area (Å²) in [5, 5.41) is 0.703. The van der Waals surface area contributed by atoms with E-state index in [2.05, 4.69) is 23.0 Å². The van der Waals surface area contributed by atoms with Crippen molar-refractivity contribution in [1.82, 2.24) is 9.88 Å². The summed E-state index contributed by atoms with van der Waals surface area (Å²) in [6.07, 6.45) is 7.17. The number of hydrogen-bond donors (Lipinski definition) is 1. The van der Waals surface area contributed by atoms with Gasteiger partial charge < -0.3 is 5.73 Å². The Morgan fingerprint density at radius 1 is 1.41 bits per heavy atom. The van der Waals surface area contributed by atoms with Crippen LogP contribution in [-0.2, 0) is 12.8 Å². The first-order chi connectivity index (χ1) is 8.24. The Bertz CT molecular complexity index is 401. The van der Waals surface area contributed by atoms with Gasteiger partial charge in [0.05, 0.1) is 5.69 Å². The van der Waals surface area contributed by atoms with Crippen LogP contribution < -0.4 is 5.73 Å². The molecule has 2 rings (SSSR count). The molecule has 1 aliphatic carbocycles. The molecule has 0 spiro atoms. The van der Waals surface area contributed by atoms with Crippen LogP contribution in [0.25, 0.3) is 0 Å². The van der Waals surface area contributed by atoms with Crippen molar-refractivity contribution >= 4 is 16.5 Å². The van der Waals surface area contributed by atoms with Gasteiger partial charge in [-0.3, -0.25) is 4.90 Å². The summed E-state index contributed by atoms with van der Waals surface area (Å²) in [4.78, 5) is 8.15. The molecule has 1 aromatic heterocycles. The second kappa shape index (κ2) is 5.47. The number of hydrogen-bond acceptors (Lipinski definition) is 4. The average Bonchev–Trinajstić information content (AvgIpc) is 2.67. The number of fused-ring (bicyclic) bond motifs is 1. The Labute approximate surface area is 107 Å². The van der Waals surface area contributed by atoms with Gasteiger partial charge in [0, 0.05) is 24.0 Å². The number of thiazole rings is 1. The van der Waals surface area contributed by atoms with Crippen LogP contribution in [0.1, 0.15) is 17.0 Å². The highest BCUT2D eigenvalue weighted by Crippen LogP contribution is 2.30. The van der Waals surface area contributed by atoms with E-state index in [9.17, 15) is 0 Å². The first-order valence-corrected chi connectivity index (χ1v) is 6.76. The third kappa shape index (κ3) is 2.76. The van der Waals surface area contributed by atoms with Crippen molar-refractivity contribution in [1.29, 1.82) is 0 Å². The summed E-state index contributed by atoms with van der Waals surface area (Å²) >= 11 is 1.64. The molecule has 0 bridgehead atoms. The normalized spacial score (nSPS) is 19.0. The first-order valence-electron chi connectivity index (χ1n) is 5.94. The maximum Gasteiger partial charge on any atom is 0.180 e. The standard InChI is InChI=1S/C13H19N3S/c1-3-7-16(8-4-2)10-5-6-11-12(9-10)17-13(14)15-11/h3-4,10H,1-2,5-9H2,(H2,14,15). The van der Waals surface area contributed by atoms with Crippen molar-refractivity contribution in [3.63, 3.8) is 0 Å². The quantitative estimate of drug-likeness (QED) is 0.814. The van der Waals surface area contributed by atoms with E-state index < -0.39 is 0 Å². The predicted molar refractivity (Wildman–Crippen MR) is 74.3 cm³/mol. The van der Waals surface area contributed by atoms with E-state index in [1.807, 2.05) is 12.2 Å². The molecule has 0 fully saturated rings. The SMILES string of the molecule is C=CCN(CC=C)C1CCc2nc(N)sc2C1. The van der Waals surface area contributed by atoms with Crippen molar-refractivity contribution in [3.05, 3.63) is 35.9 Å². The molecule has 1 atom stereocenters. The van der Waals surface area contributed by atoms with Crippen LogP contribution in [0.15, 0.2) is 25.3 Å². The molecule has 1 unspecified atom stereocenters. The zero-order valence-electron chi connectivity index (χ0n) is 10.1.